The van der Waals surface area contributed by atoms with Crippen LogP contribution in [0.1, 0.15) is 0 Å². The fourth-order valence-corrected chi connectivity index (χ4v) is 3.24. The van der Waals surface area contributed by atoms with Crippen molar-refractivity contribution in [3.05, 3.63) is 0 Å². The van der Waals surface area contributed by atoms with Crippen LogP contribution >= 0.6 is 0 Å². The number of carboxylic acid groups (broad SMARTS) is 1. The van der Waals surface area contributed by atoms with Crippen LogP contribution in [0.25, 0.3) is 0 Å². The first-order valence-electron chi connectivity index (χ1n) is 5.53. The van der Waals surface area contributed by atoms with Gasteiger partial charge in [0, 0.05) is 0 Å². The number of rotatable bonds is 7. The molecule has 5 N–H and O–H groups in total. The van der Waals surface area contributed by atoms with E-state index in [1.165, 1.54) is 0 Å². The van der Waals surface area contributed by atoms with Gasteiger partial charge in [0.15, 0.2) is 18.5 Å². The number of hydrogen-bond acceptors (Lipinski definition) is 12. The number of aliphatic carboxylic acids is 1. The Bertz CT molecular complexity index is 808. The lowest BCUT2D eigenvalue weighted by Gasteiger charge is -2.40. The normalized spacial score (nSPS) is 31.6. The Kier molecular flexibility index (Phi) is 6.45. The first-order valence-corrected chi connectivity index (χ1v) is 9.63. The maximum absolute atomic E-state index is 11.0. The first-order chi connectivity index (χ1) is 11.0. The predicted molar refractivity (Wildman–Crippen MR) is 67.8 cm³/mol. The van der Waals surface area contributed by atoms with Gasteiger partial charge in [0.25, 0.3) is 0 Å². The highest BCUT2D eigenvalue weighted by Crippen LogP contribution is 2.30. The zero-order valence-corrected chi connectivity index (χ0v) is 13.8. The molecule has 0 aromatic rings. The molecule has 0 unspecified atom stereocenters. The topological polar surface area (TPSA) is 258 Å². The monoisotopic (exact) mass is 434 g/mol. The minimum Gasteiger partial charge on any atom is -0.479 e. The first kappa shape index (κ1) is 22.0. The summed E-state index contributed by atoms with van der Waals surface area (Å²) in [5.74, 6) is -2.08. The van der Waals surface area contributed by atoms with Crippen LogP contribution in [0.4, 0.5) is 0 Å². The van der Waals surface area contributed by atoms with Crippen molar-refractivity contribution in [3.8, 4) is 0 Å². The van der Waals surface area contributed by atoms with E-state index in [0.717, 1.165) is 0 Å². The standard InChI is InChI=1S/C6H10O16S3/c7-5(8)3-1(20-23(10,11)12)2(21-24(13,14)15)4(6(9)19-3)22-25(16,17)18/h1-4,6,9H,(H,7,8)(H,10,11,12)(H,13,14,15)(H,16,17,18)/t1-,2-,3-,4+,6+/m0/s1. The molecule has 1 aliphatic rings. The SMILES string of the molecule is O=C(O)[C@H]1O[C@@H](O)[C@H](OS(=O)(=O)O)[C@@H](OS(=O)(=O)O)[C@@H]1OS(=O)(=O)O. The number of ether oxygens (including phenoxy) is 1. The molecule has 16 nitrogen and oxygen atoms in total. The second-order valence-corrected chi connectivity index (χ2v) is 7.39. The summed E-state index contributed by atoms with van der Waals surface area (Å²) < 4.78 is 106. The molecule has 0 amide bonds. The summed E-state index contributed by atoms with van der Waals surface area (Å²) in [5, 5.41) is 18.4. The molecule has 0 spiro atoms. The Morgan fingerprint density at radius 3 is 1.48 bits per heavy atom. The van der Waals surface area contributed by atoms with Gasteiger partial charge in [0.2, 0.25) is 0 Å². The third-order valence-corrected chi connectivity index (χ3v) is 3.85. The van der Waals surface area contributed by atoms with E-state index < -0.39 is 67.9 Å². The van der Waals surface area contributed by atoms with Crippen molar-refractivity contribution in [2.75, 3.05) is 0 Å². The molecule has 25 heavy (non-hydrogen) atoms. The highest BCUT2D eigenvalue weighted by atomic mass is 32.3. The van der Waals surface area contributed by atoms with Crippen molar-refractivity contribution in [2.45, 2.75) is 30.7 Å². The van der Waals surface area contributed by atoms with Crippen molar-refractivity contribution in [2.24, 2.45) is 0 Å². The van der Waals surface area contributed by atoms with Gasteiger partial charge < -0.3 is 14.9 Å². The van der Waals surface area contributed by atoms with Crippen LogP contribution in [-0.2, 0) is 53.3 Å². The third-order valence-electron chi connectivity index (χ3n) is 2.45. The van der Waals surface area contributed by atoms with E-state index in [1.807, 2.05) is 0 Å². The van der Waals surface area contributed by atoms with E-state index in [4.69, 9.17) is 18.8 Å². The van der Waals surface area contributed by atoms with Crippen LogP contribution in [0.2, 0.25) is 0 Å². The molecular weight excluding hydrogens is 424 g/mol. The third kappa shape index (κ3) is 7.02. The van der Waals surface area contributed by atoms with E-state index >= 15 is 0 Å². The smallest absolute Gasteiger partial charge is 0.397 e. The van der Waals surface area contributed by atoms with Gasteiger partial charge in [0.05, 0.1) is 0 Å². The molecule has 0 aromatic carbocycles. The molecule has 1 aliphatic heterocycles. The predicted octanol–water partition coefficient (Wildman–Crippen LogP) is -3.65. The molecular formula is C6H10O16S3. The summed E-state index contributed by atoms with van der Waals surface area (Å²) >= 11 is 0. The number of carbonyl (C=O) groups is 1. The lowest BCUT2D eigenvalue weighted by Crippen LogP contribution is -2.63. The van der Waals surface area contributed by atoms with E-state index in [0.29, 0.717) is 0 Å². The molecule has 0 aliphatic carbocycles. The molecule has 1 heterocycles. The van der Waals surface area contributed by atoms with Crippen LogP contribution in [0.5, 0.6) is 0 Å². The van der Waals surface area contributed by atoms with E-state index in [2.05, 4.69) is 17.3 Å². The van der Waals surface area contributed by atoms with Gasteiger partial charge in [-0.15, -0.1) is 0 Å². The fraction of sp³-hybridized carbons (Fsp3) is 0.833. The molecule has 148 valence electrons. The van der Waals surface area contributed by atoms with Gasteiger partial charge in [-0.25, -0.2) is 17.3 Å². The Morgan fingerprint density at radius 1 is 0.760 bits per heavy atom. The molecule has 19 heteroatoms. The minimum atomic E-state index is -5.55. The number of carboxylic acids is 1. The van der Waals surface area contributed by atoms with E-state index in [-0.39, 0.29) is 0 Å². The van der Waals surface area contributed by atoms with Gasteiger partial charge >= 0.3 is 37.2 Å². The number of hydrogen-bond donors (Lipinski definition) is 5. The van der Waals surface area contributed by atoms with Gasteiger partial charge in [0.1, 0.15) is 12.2 Å². The molecule has 1 rings (SSSR count). The summed E-state index contributed by atoms with van der Waals surface area (Å²) in [6.07, 6.45) is -13.2. The Morgan fingerprint density at radius 2 is 1.12 bits per heavy atom. The minimum absolute atomic E-state index is 2.08. The van der Waals surface area contributed by atoms with Crippen molar-refractivity contribution in [1.82, 2.24) is 0 Å². The summed E-state index contributed by atoms with van der Waals surface area (Å²) in [7, 11) is -16.5. The van der Waals surface area contributed by atoms with Crippen LogP contribution in [0.3, 0.4) is 0 Å². The van der Waals surface area contributed by atoms with Crippen LogP contribution in [0.15, 0.2) is 0 Å². The molecule has 5 atom stereocenters. The Labute approximate surface area is 139 Å². The van der Waals surface area contributed by atoms with Crippen molar-refractivity contribution in [3.63, 3.8) is 0 Å². The second-order valence-electron chi connectivity index (χ2n) is 4.25. The van der Waals surface area contributed by atoms with Gasteiger partial charge in [-0.1, -0.05) is 0 Å². The summed E-state index contributed by atoms with van der Waals surface area (Å²) in [5.41, 5.74) is 0. The van der Waals surface area contributed by atoms with Crippen molar-refractivity contribution < 1.29 is 71.2 Å². The van der Waals surface area contributed by atoms with E-state index in [1.54, 1.807) is 0 Å². The summed E-state index contributed by atoms with van der Waals surface area (Å²) in [6, 6.07) is 0. The Balaban J connectivity index is 3.45. The van der Waals surface area contributed by atoms with Gasteiger partial charge in [-0.05, 0) is 0 Å². The van der Waals surface area contributed by atoms with Crippen LogP contribution in [0, 0.1) is 0 Å². The average Bonchev–Trinajstić information content (AvgIpc) is 2.32. The molecule has 1 saturated heterocycles. The average molecular weight is 434 g/mol. The Hall–Kier alpha value is -1.00. The zero-order valence-electron chi connectivity index (χ0n) is 11.3. The zero-order chi connectivity index (χ0) is 19.8. The second kappa shape index (κ2) is 7.32. The maximum Gasteiger partial charge on any atom is 0.397 e. The van der Waals surface area contributed by atoms with Crippen molar-refractivity contribution >= 4 is 37.2 Å². The molecule has 1 fully saturated rings. The van der Waals surface area contributed by atoms with E-state index in [9.17, 15) is 35.2 Å². The summed E-state index contributed by atoms with van der Waals surface area (Å²) in [6.45, 7) is 0. The summed E-state index contributed by atoms with van der Waals surface area (Å²) in [4.78, 5) is 11.0. The quantitative estimate of drug-likeness (QED) is 0.242. The van der Waals surface area contributed by atoms with Gasteiger partial charge in [-0.3, -0.25) is 13.7 Å². The highest BCUT2D eigenvalue weighted by Gasteiger charge is 2.55. The lowest BCUT2D eigenvalue weighted by molar-refractivity contribution is -0.265. The molecule has 0 saturated carbocycles. The van der Waals surface area contributed by atoms with Crippen LogP contribution in [-0.4, -0.2) is 85.8 Å². The highest BCUT2D eigenvalue weighted by molar-refractivity contribution is 7.81. The number of aliphatic hydroxyl groups is 1. The molecule has 0 aromatic heterocycles. The van der Waals surface area contributed by atoms with Crippen molar-refractivity contribution in [1.29, 1.82) is 0 Å². The molecule has 0 bridgehead atoms. The van der Waals surface area contributed by atoms with Crippen LogP contribution < -0.4 is 0 Å². The maximum atomic E-state index is 11.0. The van der Waals surface area contributed by atoms with Gasteiger partial charge in [-0.2, -0.15) is 25.3 Å². The molecule has 0 radical (unpaired) electrons. The lowest BCUT2D eigenvalue weighted by atomic mass is 9.99. The largest absolute Gasteiger partial charge is 0.479 e. The fourth-order valence-electron chi connectivity index (χ4n) is 1.76. The number of aliphatic hydroxyl groups excluding tert-OH is 1.